The largest absolute Gasteiger partial charge is 0.489 e. The number of likely N-dealkylation sites (N-methyl/N-ethyl adjacent to an activating group) is 1. The Kier molecular flexibility index (Phi) is 9.16. The van der Waals surface area contributed by atoms with Crippen LogP contribution in [-0.2, 0) is 10.6 Å². The van der Waals surface area contributed by atoms with E-state index in [2.05, 4.69) is 32.6 Å². The molecule has 1 aromatic rings. The second kappa shape index (κ2) is 10.6. The first-order valence-corrected chi connectivity index (χ1v) is 9.32. The van der Waals surface area contributed by atoms with Crippen LogP contribution in [0.3, 0.4) is 0 Å². The number of benzene rings is 1. The van der Waals surface area contributed by atoms with Crippen molar-refractivity contribution in [3.05, 3.63) is 29.3 Å². The summed E-state index contributed by atoms with van der Waals surface area (Å²) in [7, 11) is 0. The van der Waals surface area contributed by atoms with Gasteiger partial charge in [-0.2, -0.15) is 0 Å². The van der Waals surface area contributed by atoms with Gasteiger partial charge >= 0.3 is 5.97 Å². The van der Waals surface area contributed by atoms with Crippen molar-refractivity contribution < 1.29 is 14.3 Å². The van der Waals surface area contributed by atoms with Crippen molar-refractivity contribution in [2.75, 3.05) is 19.7 Å². The standard InChI is InChI=1S/C19H30ClNO3/c1-6-18(21(7-2)8-3)14(5)24-16-10-11-17(15(12-16)13-20)19(22)23-9-4/h10-12,14,18H,6-9,13H2,1-5H3. The lowest BCUT2D eigenvalue weighted by Gasteiger charge is -2.33. The number of carbonyl (C=O) groups is 1. The zero-order chi connectivity index (χ0) is 18.1. The molecule has 0 bridgehead atoms. The summed E-state index contributed by atoms with van der Waals surface area (Å²) >= 11 is 6.00. The SMILES string of the molecule is CCOC(=O)c1ccc(OC(C)C(CC)N(CC)CC)cc1CCl. The van der Waals surface area contributed by atoms with E-state index in [1.807, 2.05) is 12.1 Å². The van der Waals surface area contributed by atoms with Gasteiger partial charge in [0.1, 0.15) is 11.9 Å². The fourth-order valence-electron chi connectivity index (χ4n) is 3.03. The molecule has 0 aliphatic carbocycles. The molecule has 0 radical (unpaired) electrons. The molecule has 0 heterocycles. The maximum absolute atomic E-state index is 12.0. The van der Waals surface area contributed by atoms with Gasteiger partial charge in [0.15, 0.2) is 0 Å². The lowest BCUT2D eigenvalue weighted by Crippen LogP contribution is -2.44. The average Bonchev–Trinajstić information content (AvgIpc) is 2.59. The third-order valence-corrected chi connectivity index (χ3v) is 4.57. The number of alkyl halides is 1. The Morgan fingerprint density at radius 2 is 1.88 bits per heavy atom. The molecular weight excluding hydrogens is 326 g/mol. The quantitative estimate of drug-likeness (QED) is 0.458. The summed E-state index contributed by atoms with van der Waals surface area (Å²) in [4.78, 5) is 14.4. The van der Waals surface area contributed by atoms with E-state index in [9.17, 15) is 4.79 Å². The molecule has 0 fully saturated rings. The van der Waals surface area contributed by atoms with Gasteiger partial charge in [-0.15, -0.1) is 11.6 Å². The fourth-order valence-corrected chi connectivity index (χ4v) is 3.26. The van der Waals surface area contributed by atoms with Gasteiger partial charge in [-0.3, -0.25) is 4.90 Å². The summed E-state index contributed by atoms with van der Waals surface area (Å²) < 4.78 is 11.2. The number of ether oxygens (including phenoxy) is 2. The van der Waals surface area contributed by atoms with E-state index in [0.717, 1.165) is 30.8 Å². The highest BCUT2D eigenvalue weighted by Gasteiger charge is 2.23. The molecule has 0 spiro atoms. The van der Waals surface area contributed by atoms with Crippen molar-refractivity contribution in [1.29, 1.82) is 0 Å². The van der Waals surface area contributed by atoms with Crippen molar-refractivity contribution in [3.63, 3.8) is 0 Å². The van der Waals surface area contributed by atoms with Crippen molar-refractivity contribution in [2.24, 2.45) is 0 Å². The second-order valence-electron chi connectivity index (χ2n) is 5.69. The first-order valence-electron chi connectivity index (χ1n) is 8.78. The maximum Gasteiger partial charge on any atom is 0.338 e. The molecule has 0 aromatic heterocycles. The monoisotopic (exact) mass is 355 g/mol. The van der Waals surface area contributed by atoms with Gasteiger partial charge in [0.25, 0.3) is 0 Å². The van der Waals surface area contributed by atoms with Crippen LogP contribution in [0.5, 0.6) is 5.75 Å². The second-order valence-corrected chi connectivity index (χ2v) is 5.96. The molecule has 2 unspecified atom stereocenters. The van der Waals surface area contributed by atoms with Crippen molar-refractivity contribution in [3.8, 4) is 5.75 Å². The minimum atomic E-state index is -0.345. The van der Waals surface area contributed by atoms with Gasteiger partial charge < -0.3 is 9.47 Å². The highest BCUT2D eigenvalue weighted by atomic mass is 35.5. The first-order chi connectivity index (χ1) is 11.5. The lowest BCUT2D eigenvalue weighted by atomic mass is 10.1. The Morgan fingerprint density at radius 1 is 1.21 bits per heavy atom. The molecule has 136 valence electrons. The Morgan fingerprint density at radius 3 is 2.38 bits per heavy atom. The van der Waals surface area contributed by atoms with Crippen LogP contribution < -0.4 is 4.74 Å². The van der Waals surface area contributed by atoms with Gasteiger partial charge in [0.05, 0.1) is 12.2 Å². The molecule has 2 atom stereocenters. The molecule has 1 aromatic carbocycles. The molecule has 1 rings (SSSR count). The van der Waals surface area contributed by atoms with Crippen molar-refractivity contribution in [1.82, 2.24) is 4.90 Å². The summed E-state index contributed by atoms with van der Waals surface area (Å²) in [6, 6.07) is 5.73. The van der Waals surface area contributed by atoms with Crippen LogP contribution in [0.25, 0.3) is 0 Å². The predicted molar refractivity (Wildman–Crippen MR) is 99.0 cm³/mol. The number of halogens is 1. The van der Waals surface area contributed by atoms with E-state index in [1.165, 1.54) is 0 Å². The van der Waals surface area contributed by atoms with Gasteiger partial charge in [0.2, 0.25) is 0 Å². The highest BCUT2D eigenvalue weighted by Crippen LogP contribution is 2.23. The minimum Gasteiger partial charge on any atom is -0.489 e. The van der Waals surface area contributed by atoms with Crippen LogP contribution in [0.15, 0.2) is 18.2 Å². The molecule has 5 heteroatoms. The molecule has 4 nitrogen and oxygen atoms in total. The lowest BCUT2D eigenvalue weighted by molar-refractivity contribution is 0.0525. The molecule has 0 saturated heterocycles. The van der Waals surface area contributed by atoms with Gasteiger partial charge in [-0.1, -0.05) is 20.8 Å². The average molecular weight is 356 g/mol. The zero-order valence-electron chi connectivity index (χ0n) is 15.5. The van der Waals surface area contributed by atoms with E-state index >= 15 is 0 Å². The number of rotatable bonds is 10. The number of esters is 1. The van der Waals surface area contributed by atoms with Crippen LogP contribution in [-0.4, -0.2) is 42.7 Å². The fraction of sp³-hybridized carbons (Fsp3) is 0.632. The Hall–Kier alpha value is -1.26. The van der Waals surface area contributed by atoms with E-state index in [0.29, 0.717) is 18.2 Å². The third-order valence-electron chi connectivity index (χ3n) is 4.28. The van der Waals surface area contributed by atoms with Crippen molar-refractivity contribution >= 4 is 17.6 Å². The minimum absolute atomic E-state index is 0.0477. The number of hydrogen-bond donors (Lipinski definition) is 0. The van der Waals surface area contributed by atoms with E-state index in [-0.39, 0.29) is 18.0 Å². The van der Waals surface area contributed by atoms with Crippen LogP contribution in [0.4, 0.5) is 0 Å². The molecule has 0 saturated carbocycles. The third kappa shape index (κ3) is 5.38. The van der Waals surface area contributed by atoms with Crippen LogP contribution in [0.1, 0.15) is 57.0 Å². The molecular formula is C19H30ClNO3. The predicted octanol–water partition coefficient (Wildman–Crippen LogP) is 4.49. The normalized spacial score (nSPS) is 13.6. The maximum atomic E-state index is 12.0. The number of hydrogen-bond acceptors (Lipinski definition) is 4. The van der Waals surface area contributed by atoms with Crippen molar-refractivity contribution in [2.45, 2.75) is 59.1 Å². The van der Waals surface area contributed by atoms with E-state index in [4.69, 9.17) is 21.1 Å². The molecule has 0 aliphatic heterocycles. The topological polar surface area (TPSA) is 38.8 Å². The highest BCUT2D eigenvalue weighted by molar-refractivity contribution is 6.17. The molecule has 0 amide bonds. The number of carbonyl (C=O) groups excluding carboxylic acids is 1. The van der Waals surface area contributed by atoms with Crippen LogP contribution >= 0.6 is 11.6 Å². The van der Waals surface area contributed by atoms with Gasteiger partial charge in [-0.05, 0) is 57.1 Å². The number of nitrogens with zero attached hydrogens (tertiary/aromatic N) is 1. The summed E-state index contributed by atoms with van der Waals surface area (Å²) in [5.41, 5.74) is 1.23. The smallest absolute Gasteiger partial charge is 0.338 e. The van der Waals surface area contributed by atoms with Crippen LogP contribution in [0, 0.1) is 0 Å². The zero-order valence-corrected chi connectivity index (χ0v) is 16.2. The Bertz CT molecular complexity index is 517. The Labute approximate surface area is 151 Å². The molecule has 24 heavy (non-hydrogen) atoms. The summed E-state index contributed by atoms with van der Waals surface area (Å²) in [5.74, 6) is 0.631. The summed E-state index contributed by atoms with van der Waals surface area (Å²) in [6.07, 6.45) is 1.07. The molecule has 0 N–H and O–H groups in total. The van der Waals surface area contributed by atoms with E-state index in [1.54, 1.807) is 13.0 Å². The first kappa shape index (κ1) is 20.8. The molecule has 0 aliphatic rings. The van der Waals surface area contributed by atoms with Crippen LogP contribution in [0.2, 0.25) is 0 Å². The summed E-state index contributed by atoms with van der Waals surface area (Å²) in [5, 5.41) is 0. The van der Waals surface area contributed by atoms with Gasteiger partial charge in [-0.25, -0.2) is 4.79 Å². The van der Waals surface area contributed by atoms with E-state index < -0.39 is 0 Å². The Balaban J connectivity index is 2.92. The summed E-state index contributed by atoms with van der Waals surface area (Å²) in [6.45, 7) is 12.7. The van der Waals surface area contributed by atoms with Gasteiger partial charge in [0, 0.05) is 11.9 Å².